The van der Waals surface area contributed by atoms with Crippen LogP contribution in [0.25, 0.3) is 0 Å². The molecule has 0 bridgehead atoms. The first kappa shape index (κ1) is 20.8. The molecule has 140 valence electrons. The summed E-state index contributed by atoms with van der Waals surface area (Å²) in [6, 6.07) is 6.32. The zero-order valence-corrected chi connectivity index (χ0v) is 17.4. The highest BCUT2D eigenvalue weighted by Gasteiger charge is 2.52. The molecule has 0 saturated carbocycles. The molecule has 1 aliphatic heterocycles. The Morgan fingerprint density at radius 3 is 2.00 bits per heavy atom. The van der Waals surface area contributed by atoms with E-state index in [0.29, 0.717) is 0 Å². The van der Waals surface area contributed by atoms with Crippen LogP contribution in [0.2, 0.25) is 5.02 Å². The summed E-state index contributed by atoms with van der Waals surface area (Å²) in [4.78, 5) is 0. The lowest BCUT2D eigenvalue weighted by Gasteiger charge is -2.32. The van der Waals surface area contributed by atoms with E-state index in [-0.39, 0.29) is 18.3 Å². The fourth-order valence-electron chi connectivity index (χ4n) is 3.17. The van der Waals surface area contributed by atoms with Gasteiger partial charge >= 0.3 is 7.12 Å². The van der Waals surface area contributed by atoms with Crippen LogP contribution in [0.1, 0.15) is 85.1 Å². The molecule has 0 unspecified atom stereocenters. The Balaban J connectivity index is 1.85. The molecular formula is C21H34BClO2. The zero-order valence-electron chi connectivity index (χ0n) is 16.7. The van der Waals surface area contributed by atoms with Crippen molar-refractivity contribution in [2.24, 2.45) is 0 Å². The monoisotopic (exact) mass is 364 g/mol. The number of aryl methyl sites for hydroxylation is 1. The molecule has 1 aromatic rings. The summed E-state index contributed by atoms with van der Waals surface area (Å²) in [7, 11) is -0.384. The van der Waals surface area contributed by atoms with Gasteiger partial charge in [0, 0.05) is 10.5 Å². The van der Waals surface area contributed by atoms with Gasteiger partial charge in [0.1, 0.15) is 0 Å². The number of benzene rings is 1. The average molecular weight is 365 g/mol. The highest BCUT2D eigenvalue weighted by atomic mass is 35.5. The molecule has 1 saturated heterocycles. The standard InChI is InChI=1S/C21H34BClO2/c1-6-7-8-9-10-11-12-13-17-14-15-18(19(23)16-17)22-24-20(2,3)21(4,5)25-22/h14-16H,6-13H2,1-5H3. The zero-order chi connectivity index (χ0) is 18.5. The van der Waals surface area contributed by atoms with E-state index in [1.165, 1.54) is 50.5 Å². The van der Waals surface area contributed by atoms with Gasteiger partial charge in [0.15, 0.2) is 0 Å². The van der Waals surface area contributed by atoms with Crippen molar-refractivity contribution >= 4 is 24.2 Å². The maximum atomic E-state index is 6.53. The summed E-state index contributed by atoms with van der Waals surface area (Å²) in [5, 5.41) is 0.749. The third kappa shape index (κ3) is 5.48. The number of hydrogen-bond acceptors (Lipinski definition) is 2. The fourth-order valence-corrected chi connectivity index (χ4v) is 3.47. The van der Waals surface area contributed by atoms with Gasteiger partial charge in [-0.05, 0) is 52.2 Å². The normalized spacial score (nSPS) is 18.7. The highest BCUT2D eigenvalue weighted by Crippen LogP contribution is 2.37. The maximum Gasteiger partial charge on any atom is 0.496 e. The second-order valence-corrected chi connectivity index (χ2v) is 8.72. The minimum absolute atomic E-state index is 0.336. The van der Waals surface area contributed by atoms with E-state index in [4.69, 9.17) is 20.9 Å². The van der Waals surface area contributed by atoms with E-state index in [1.54, 1.807) is 0 Å². The molecule has 1 heterocycles. The SMILES string of the molecule is CCCCCCCCCc1ccc(B2OC(C)(C)C(C)(C)O2)c(Cl)c1. The first-order chi connectivity index (χ1) is 11.8. The van der Waals surface area contributed by atoms with Crippen LogP contribution in [0.3, 0.4) is 0 Å². The molecule has 25 heavy (non-hydrogen) atoms. The molecule has 4 heteroatoms. The third-order valence-electron chi connectivity index (χ3n) is 5.64. The fraction of sp³-hybridized carbons (Fsp3) is 0.714. The van der Waals surface area contributed by atoms with Gasteiger partial charge in [-0.3, -0.25) is 0 Å². The number of hydrogen-bond donors (Lipinski definition) is 0. The largest absolute Gasteiger partial charge is 0.496 e. The molecule has 0 amide bonds. The van der Waals surface area contributed by atoms with Crippen LogP contribution in [-0.2, 0) is 15.7 Å². The molecule has 1 aromatic carbocycles. The lowest BCUT2D eigenvalue weighted by atomic mass is 9.78. The van der Waals surface area contributed by atoms with Gasteiger partial charge in [-0.2, -0.15) is 0 Å². The molecule has 0 radical (unpaired) electrons. The molecule has 1 fully saturated rings. The predicted molar refractivity (Wildman–Crippen MR) is 109 cm³/mol. The summed E-state index contributed by atoms with van der Waals surface area (Å²) >= 11 is 6.53. The lowest BCUT2D eigenvalue weighted by Crippen LogP contribution is -2.41. The van der Waals surface area contributed by atoms with Crippen LogP contribution in [0.4, 0.5) is 0 Å². The van der Waals surface area contributed by atoms with Crippen LogP contribution in [0.15, 0.2) is 18.2 Å². The summed E-state index contributed by atoms with van der Waals surface area (Å²) in [6.07, 6.45) is 10.4. The molecule has 0 spiro atoms. The average Bonchev–Trinajstić information content (AvgIpc) is 2.74. The van der Waals surface area contributed by atoms with Crippen LogP contribution < -0.4 is 5.46 Å². The molecule has 0 atom stereocenters. The van der Waals surface area contributed by atoms with E-state index in [9.17, 15) is 0 Å². The Bertz CT molecular complexity index is 541. The highest BCUT2D eigenvalue weighted by molar-refractivity contribution is 6.65. The topological polar surface area (TPSA) is 18.5 Å². The van der Waals surface area contributed by atoms with Crippen molar-refractivity contribution in [1.29, 1.82) is 0 Å². The molecule has 2 nitrogen and oxygen atoms in total. The summed E-state index contributed by atoms with van der Waals surface area (Å²) in [5.41, 5.74) is 1.57. The van der Waals surface area contributed by atoms with E-state index in [2.05, 4.69) is 52.8 Å². The number of rotatable bonds is 9. The van der Waals surface area contributed by atoms with Gasteiger partial charge in [-0.1, -0.05) is 69.2 Å². The second kappa shape index (κ2) is 8.93. The van der Waals surface area contributed by atoms with E-state index in [1.807, 2.05) is 0 Å². The smallest absolute Gasteiger partial charge is 0.399 e. The summed E-state index contributed by atoms with van der Waals surface area (Å²) < 4.78 is 12.2. The van der Waals surface area contributed by atoms with Crippen LogP contribution in [0.5, 0.6) is 0 Å². The van der Waals surface area contributed by atoms with Crippen molar-refractivity contribution in [3.63, 3.8) is 0 Å². The van der Waals surface area contributed by atoms with Gasteiger partial charge < -0.3 is 9.31 Å². The Labute approximate surface area is 159 Å². The Morgan fingerprint density at radius 2 is 1.44 bits per heavy atom. The van der Waals surface area contributed by atoms with Crippen LogP contribution in [-0.4, -0.2) is 18.3 Å². The van der Waals surface area contributed by atoms with E-state index >= 15 is 0 Å². The van der Waals surface area contributed by atoms with Crippen LogP contribution in [0, 0.1) is 0 Å². The van der Waals surface area contributed by atoms with Crippen molar-refractivity contribution < 1.29 is 9.31 Å². The van der Waals surface area contributed by atoms with Gasteiger partial charge in [0.2, 0.25) is 0 Å². The third-order valence-corrected chi connectivity index (χ3v) is 5.97. The lowest BCUT2D eigenvalue weighted by molar-refractivity contribution is 0.00578. The first-order valence-corrected chi connectivity index (χ1v) is 10.3. The summed E-state index contributed by atoms with van der Waals surface area (Å²) in [5.74, 6) is 0. The maximum absolute atomic E-state index is 6.53. The van der Waals surface area contributed by atoms with Crippen molar-refractivity contribution in [2.75, 3.05) is 0 Å². The minimum Gasteiger partial charge on any atom is -0.399 e. The van der Waals surface area contributed by atoms with Crippen molar-refractivity contribution in [3.8, 4) is 0 Å². The first-order valence-electron chi connectivity index (χ1n) is 9.91. The van der Waals surface area contributed by atoms with Crippen molar-refractivity contribution in [2.45, 2.75) is 97.2 Å². The summed E-state index contributed by atoms with van der Waals surface area (Å²) in [6.45, 7) is 10.5. The molecule has 0 aromatic heterocycles. The Kier molecular flexibility index (Phi) is 7.43. The Hall–Kier alpha value is -0.505. The number of unbranched alkanes of at least 4 members (excludes halogenated alkanes) is 6. The van der Waals surface area contributed by atoms with E-state index in [0.717, 1.165) is 16.9 Å². The molecule has 0 N–H and O–H groups in total. The van der Waals surface area contributed by atoms with Gasteiger partial charge in [-0.25, -0.2) is 0 Å². The van der Waals surface area contributed by atoms with Gasteiger partial charge in [-0.15, -0.1) is 0 Å². The van der Waals surface area contributed by atoms with Crippen molar-refractivity contribution in [1.82, 2.24) is 0 Å². The van der Waals surface area contributed by atoms with Gasteiger partial charge in [0.05, 0.1) is 11.2 Å². The number of halogens is 1. The quantitative estimate of drug-likeness (QED) is 0.399. The molecular weight excluding hydrogens is 330 g/mol. The Morgan fingerprint density at radius 1 is 0.880 bits per heavy atom. The molecule has 2 rings (SSSR count). The van der Waals surface area contributed by atoms with E-state index < -0.39 is 0 Å². The second-order valence-electron chi connectivity index (χ2n) is 8.32. The molecule has 0 aliphatic carbocycles. The minimum atomic E-state index is -0.384. The predicted octanol–water partition coefficient (Wildman–Crippen LogP) is 5.93. The van der Waals surface area contributed by atoms with Gasteiger partial charge in [0.25, 0.3) is 0 Å². The van der Waals surface area contributed by atoms with Crippen LogP contribution >= 0.6 is 11.6 Å². The van der Waals surface area contributed by atoms with Crippen molar-refractivity contribution in [3.05, 3.63) is 28.8 Å². The molecule has 1 aliphatic rings.